The maximum Gasteiger partial charge on any atom is 0.268 e. The Hall–Kier alpha value is -3.54. The second-order valence-corrected chi connectivity index (χ2v) is 10.2. The molecule has 2 saturated carbocycles. The summed E-state index contributed by atoms with van der Waals surface area (Å²) < 4.78 is 5.38. The number of nitrogens with zero attached hydrogens (tertiary/aromatic N) is 1. The van der Waals surface area contributed by atoms with Gasteiger partial charge in [-0.3, -0.25) is 14.4 Å². The van der Waals surface area contributed by atoms with Gasteiger partial charge in [0.15, 0.2) is 0 Å². The van der Waals surface area contributed by atoms with Crippen LogP contribution in [0.3, 0.4) is 0 Å². The van der Waals surface area contributed by atoms with Crippen molar-refractivity contribution < 1.29 is 19.1 Å². The molecule has 2 aliphatic carbocycles. The van der Waals surface area contributed by atoms with Gasteiger partial charge in [-0.05, 0) is 49.3 Å². The number of rotatable bonds is 7. The number of ether oxygens (including phenoxy) is 1. The molecular weight excluding hydrogens is 446 g/mol. The Morgan fingerprint density at radius 3 is 2.83 bits per heavy atom. The molecule has 4 N–H and O–H groups in total. The molecule has 2 heterocycles. The molecule has 3 aliphatic rings. The van der Waals surface area contributed by atoms with Crippen LogP contribution in [0.2, 0.25) is 0 Å². The van der Waals surface area contributed by atoms with Gasteiger partial charge in [-0.25, -0.2) is 0 Å². The van der Waals surface area contributed by atoms with Gasteiger partial charge in [0.1, 0.15) is 23.0 Å². The number of nitrogens with one attached hydrogen (secondary N) is 4. The van der Waals surface area contributed by atoms with Crippen LogP contribution in [-0.4, -0.2) is 47.9 Å². The number of benzene rings is 1. The van der Waals surface area contributed by atoms with Crippen LogP contribution < -0.4 is 20.7 Å². The Labute approximate surface area is 204 Å². The largest absolute Gasteiger partial charge is 0.496 e. The summed E-state index contributed by atoms with van der Waals surface area (Å²) in [6.07, 6.45) is 3.74. The number of hydrogen-bond acceptors (Lipinski definition) is 5. The highest BCUT2D eigenvalue weighted by molar-refractivity contribution is 6.01. The Bertz CT molecular complexity index is 1210. The Balaban J connectivity index is 1.35. The lowest BCUT2D eigenvalue weighted by Crippen LogP contribution is -2.61. The number of H-pyrrole nitrogens is 1. The number of carbonyl (C=O) groups excluding carboxylic acids is 3. The maximum absolute atomic E-state index is 13.5. The number of hydrogen-bond donors (Lipinski definition) is 4. The van der Waals surface area contributed by atoms with Crippen LogP contribution in [0.25, 0.3) is 10.9 Å². The summed E-state index contributed by atoms with van der Waals surface area (Å²) in [5.41, 5.74) is -0.0350. The van der Waals surface area contributed by atoms with Crippen LogP contribution in [-0.2, 0) is 9.59 Å². The average molecular weight is 478 g/mol. The number of nitriles is 1. The third-order valence-electron chi connectivity index (χ3n) is 8.10. The van der Waals surface area contributed by atoms with E-state index in [1.807, 2.05) is 25.1 Å². The average Bonchev–Trinajstić information content (AvgIpc) is 3.43. The molecule has 3 fully saturated rings. The summed E-state index contributed by atoms with van der Waals surface area (Å²) in [7, 11) is 1.58. The van der Waals surface area contributed by atoms with Crippen LogP contribution in [0, 0.1) is 35.0 Å². The van der Waals surface area contributed by atoms with E-state index in [1.54, 1.807) is 13.2 Å². The van der Waals surface area contributed by atoms with Crippen molar-refractivity contribution in [3.8, 4) is 11.8 Å². The van der Waals surface area contributed by atoms with Gasteiger partial charge < -0.3 is 25.7 Å². The summed E-state index contributed by atoms with van der Waals surface area (Å²) in [4.78, 5) is 42.2. The monoisotopic (exact) mass is 477 g/mol. The first-order chi connectivity index (χ1) is 16.8. The number of carbonyl (C=O) groups is 3. The lowest BCUT2D eigenvalue weighted by atomic mass is 9.64. The molecule has 1 aromatic carbocycles. The van der Waals surface area contributed by atoms with E-state index < -0.39 is 11.6 Å². The second-order valence-electron chi connectivity index (χ2n) is 10.2. The third kappa shape index (κ3) is 4.22. The van der Waals surface area contributed by atoms with Crippen molar-refractivity contribution in [2.24, 2.45) is 23.7 Å². The third-order valence-corrected chi connectivity index (χ3v) is 8.10. The van der Waals surface area contributed by atoms with Crippen LogP contribution in [0.5, 0.6) is 5.75 Å². The standard InChI is InChI=1S/C26H31N5O4/c1-14-22-16(12-28-25(22)34)8-9-26(14,13-27)31-24(33)19(10-15-6-7-15)30-23(32)20-11-17-18(29-20)4-3-5-21(17)35-2/h3-5,11,14-16,19,22,29H,6-10,12H2,1-2H3,(H,28,34)(H,30,32)(H,31,33)/t14-,16?,19-,22+,26+/m0/s1. The van der Waals surface area contributed by atoms with E-state index in [1.165, 1.54) is 0 Å². The molecule has 1 unspecified atom stereocenters. The Morgan fingerprint density at radius 1 is 1.31 bits per heavy atom. The van der Waals surface area contributed by atoms with Crippen molar-refractivity contribution in [3.05, 3.63) is 30.0 Å². The highest BCUT2D eigenvalue weighted by Crippen LogP contribution is 2.43. The fraction of sp³-hybridized carbons (Fsp3) is 0.538. The molecule has 0 radical (unpaired) electrons. The lowest BCUT2D eigenvalue weighted by Gasteiger charge is -2.43. The minimum Gasteiger partial charge on any atom is -0.496 e. The number of amides is 3. The first kappa shape index (κ1) is 23.2. The van der Waals surface area contributed by atoms with E-state index in [4.69, 9.17) is 4.74 Å². The normalized spacial score (nSPS) is 28.5. The molecule has 5 atom stereocenters. The highest BCUT2D eigenvalue weighted by Gasteiger charge is 2.53. The highest BCUT2D eigenvalue weighted by atomic mass is 16.5. The fourth-order valence-electron chi connectivity index (χ4n) is 5.81. The topological polar surface area (TPSA) is 136 Å². The zero-order chi connectivity index (χ0) is 24.7. The first-order valence-electron chi connectivity index (χ1n) is 12.3. The Morgan fingerprint density at radius 2 is 2.11 bits per heavy atom. The van der Waals surface area contributed by atoms with Gasteiger partial charge in [0.05, 0.1) is 13.2 Å². The van der Waals surface area contributed by atoms with E-state index in [9.17, 15) is 19.6 Å². The van der Waals surface area contributed by atoms with Crippen molar-refractivity contribution in [2.75, 3.05) is 13.7 Å². The summed E-state index contributed by atoms with van der Waals surface area (Å²) in [5.74, 6) is -0.198. The molecule has 9 nitrogen and oxygen atoms in total. The molecule has 3 amide bonds. The van der Waals surface area contributed by atoms with Crippen molar-refractivity contribution in [2.45, 2.75) is 50.6 Å². The van der Waals surface area contributed by atoms with Gasteiger partial charge in [-0.1, -0.05) is 25.8 Å². The molecule has 0 bridgehead atoms. The van der Waals surface area contributed by atoms with E-state index >= 15 is 0 Å². The van der Waals surface area contributed by atoms with Crippen LogP contribution in [0.1, 0.15) is 49.5 Å². The number of aromatic nitrogens is 1. The summed E-state index contributed by atoms with van der Waals surface area (Å²) in [6.45, 7) is 2.50. The van der Waals surface area contributed by atoms with Crippen LogP contribution >= 0.6 is 0 Å². The maximum atomic E-state index is 13.5. The predicted octanol–water partition coefficient (Wildman–Crippen LogP) is 2.25. The summed E-state index contributed by atoms with van der Waals surface area (Å²) in [6, 6.07) is 8.79. The van der Waals surface area contributed by atoms with Crippen molar-refractivity contribution in [3.63, 3.8) is 0 Å². The Kier molecular flexibility index (Phi) is 5.91. The van der Waals surface area contributed by atoms with Gasteiger partial charge >= 0.3 is 0 Å². The van der Waals surface area contributed by atoms with Crippen molar-refractivity contribution in [1.82, 2.24) is 20.9 Å². The number of methoxy groups -OCH3 is 1. The molecule has 5 rings (SSSR count). The predicted molar refractivity (Wildman–Crippen MR) is 128 cm³/mol. The molecule has 1 aliphatic heterocycles. The van der Waals surface area contributed by atoms with E-state index in [-0.39, 0.29) is 35.5 Å². The molecule has 184 valence electrons. The van der Waals surface area contributed by atoms with Gasteiger partial charge in [-0.15, -0.1) is 0 Å². The number of aromatic amines is 1. The molecular formula is C26H31N5O4. The van der Waals surface area contributed by atoms with Gasteiger partial charge in [-0.2, -0.15) is 5.26 Å². The van der Waals surface area contributed by atoms with Crippen molar-refractivity contribution >= 4 is 28.6 Å². The van der Waals surface area contributed by atoms with Gasteiger partial charge in [0.25, 0.3) is 5.91 Å². The van der Waals surface area contributed by atoms with Crippen molar-refractivity contribution in [1.29, 1.82) is 5.26 Å². The fourth-order valence-corrected chi connectivity index (χ4v) is 5.81. The molecule has 2 aromatic rings. The molecule has 1 aromatic heterocycles. The summed E-state index contributed by atoms with van der Waals surface area (Å²) >= 11 is 0. The van der Waals surface area contributed by atoms with Gasteiger partial charge in [0.2, 0.25) is 11.8 Å². The molecule has 9 heteroatoms. The molecule has 0 spiro atoms. The lowest BCUT2D eigenvalue weighted by molar-refractivity contribution is -0.130. The summed E-state index contributed by atoms with van der Waals surface area (Å²) in [5, 5.41) is 19.7. The SMILES string of the molecule is COc1cccc2[nH]c(C(=O)N[C@@H](CC3CC3)C(=O)N[C@@]3(C#N)CCC4CNC(=O)[C@@H]4[C@@H]3C)cc12. The number of fused-ring (bicyclic) bond motifs is 2. The van der Waals surface area contributed by atoms with E-state index in [2.05, 4.69) is 27.0 Å². The first-order valence-corrected chi connectivity index (χ1v) is 12.3. The minimum atomic E-state index is -1.14. The molecule has 35 heavy (non-hydrogen) atoms. The second kappa shape index (κ2) is 8.91. The zero-order valence-electron chi connectivity index (χ0n) is 20.0. The smallest absolute Gasteiger partial charge is 0.268 e. The van der Waals surface area contributed by atoms with Crippen LogP contribution in [0.15, 0.2) is 24.3 Å². The van der Waals surface area contributed by atoms with Gasteiger partial charge in [0, 0.05) is 29.3 Å². The van der Waals surface area contributed by atoms with E-state index in [0.717, 1.165) is 23.7 Å². The zero-order valence-corrected chi connectivity index (χ0v) is 20.0. The molecule has 1 saturated heterocycles. The van der Waals surface area contributed by atoms with Crippen LogP contribution in [0.4, 0.5) is 0 Å². The van der Waals surface area contributed by atoms with E-state index in [0.29, 0.717) is 43.2 Å². The minimum absolute atomic E-state index is 0.0480. The quantitative estimate of drug-likeness (QED) is 0.485.